The molecule has 1 atom stereocenters. The van der Waals surface area contributed by atoms with Gasteiger partial charge >= 0.3 is 0 Å². The number of carbonyl (C=O) groups excluding carboxylic acids is 1. The Hall–Kier alpha value is -1.21. The van der Waals surface area contributed by atoms with Crippen LogP contribution in [-0.2, 0) is 11.2 Å². The average Bonchev–Trinajstić information content (AvgIpc) is 3.28. The summed E-state index contributed by atoms with van der Waals surface area (Å²) in [6.45, 7) is 7.41. The molecular formula is C19H31N5OS. The Morgan fingerprint density at radius 2 is 2.00 bits per heavy atom. The number of amides is 1. The van der Waals surface area contributed by atoms with E-state index >= 15 is 0 Å². The van der Waals surface area contributed by atoms with Crippen molar-refractivity contribution in [2.75, 3.05) is 44.7 Å². The van der Waals surface area contributed by atoms with E-state index in [9.17, 15) is 4.79 Å². The van der Waals surface area contributed by atoms with Crippen LogP contribution in [0, 0.1) is 5.41 Å². The minimum absolute atomic E-state index is 0.322. The fraction of sp³-hybridized carbons (Fsp3) is 0.842. The van der Waals surface area contributed by atoms with Crippen molar-refractivity contribution in [1.82, 2.24) is 20.0 Å². The summed E-state index contributed by atoms with van der Waals surface area (Å²) in [5.74, 6) is 0.381. The molecule has 0 saturated carbocycles. The lowest BCUT2D eigenvalue weighted by Gasteiger charge is -2.48. The van der Waals surface area contributed by atoms with E-state index in [4.69, 9.17) is 0 Å². The maximum Gasteiger partial charge on any atom is 0.222 e. The molecule has 0 bridgehead atoms. The van der Waals surface area contributed by atoms with Gasteiger partial charge in [0.1, 0.15) is 5.01 Å². The van der Waals surface area contributed by atoms with Gasteiger partial charge in [0.05, 0.1) is 0 Å². The fourth-order valence-electron chi connectivity index (χ4n) is 4.81. The van der Waals surface area contributed by atoms with Gasteiger partial charge in [-0.25, -0.2) is 0 Å². The van der Waals surface area contributed by atoms with E-state index in [0.717, 1.165) is 75.0 Å². The predicted molar refractivity (Wildman–Crippen MR) is 105 cm³/mol. The zero-order valence-electron chi connectivity index (χ0n) is 16.1. The summed E-state index contributed by atoms with van der Waals surface area (Å²) in [5.41, 5.74) is 0.322. The molecule has 3 aliphatic rings. The molecule has 7 heteroatoms. The van der Waals surface area contributed by atoms with E-state index in [-0.39, 0.29) is 0 Å². The molecule has 1 aromatic rings. The summed E-state index contributed by atoms with van der Waals surface area (Å²) < 4.78 is 0. The Balaban J connectivity index is 1.38. The largest absolute Gasteiger partial charge is 0.347 e. The molecule has 3 aliphatic heterocycles. The Labute approximate surface area is 160 Å². The first kappa shape index (κ1) is 18.2. The molecule has 3 saturated heterocycles. The van der Waals surface area contributed by atoms with Crippen molar-refractivity contribution in [3.8, 4) is 0 Å². The Bertz CT molecular complexity index is 640. The van der Waals surface area contributed by atoms with E-state index in [1.165, 1.54) is 12.8 Å². The van der Waals surface area contributed by atoms with E-state index in [1.54, 1.807) is 11.3 Å². The topological polar surface area (TPSA) is 52.6 Å². The molecule has 0 aliphatic carbocycles. The first-order valence-corrected chi connectivity index (χ1v) is 11.0. The van der Waals surface area contributed by atoms with Gasteiger partial charge in [-0.15, -0.1) is 10.2 Å². The molecule has 0 aromatic carbocycles. The van der Waals surface area contributed by atoms with Crippen molar-refractivity contribution < 1.29 is 4.79 Å². The molecule has 4 rings (SSSR count). The first-order valence-electron chi connectivity index (χ1n) is 10.1. The summed E-state index contributed by atoms with van der Waals surface area (Å²) in [6, 6.07) is 0.433. The van der Waals surface area contributed by atoms with E-state index < -0.39 is 0 Å². The van der Waals surface area contributed by atoms with Crippen molar-refractivity contribution in [2.24, 2.45) is 5.41 Å². The van der Waals surface area contributed by atoms with Crippen molar-refractivity contribution >= 4 is 22.4 Å². The number of anilines is 1. The van der Waals surface area contributed by atoms with Crippen molar-refractivity contribution in [3.63, 3.8) is 0 Å². The van der Waals surface area contributed by atoms with Crippen LogP contribution >= 0.6 is 11.3 Å². The molecule has 0 N–H and O–H groups in total. The van der Waals surface area contributed by atoms with Crippen LogP contribution in [0.25, 0.3) is 0 Å². The lowest BCUT2D eigenvalue weighted by Crippen LogP contribution is -2.55. The van der Waals surface area contributed by atoms with Crippen LogP contribution in [0.15, 0.2) is 0 Å². The molecule has 1 amide bonds. The smallest absolute Gasteiger partial charge is 0.222 e. The lowest BCUT2D eigenvalue weighted by atomic mass is 9.72. The summed E-state index contributed by atoms with van der Waals surface area (Å²) in [7, 11) is 2.16. The molecular weight excluding hydrogens is 346 g/mol. The zero-order valence-corrected chi connectivity index (χ0v) is 16.9. The minimum Gasteiger partial charge on any atom is -0.347 e. The number of aromatic nitrogens is 2. The second kappa shape index (κ2) is 7.43. The third-order valence-electron chi connectivity index (χ3n) is 6.52. The number of nitrogens with zero attached hydrogens (tertiary/aromatic N) is 5. The Morgan fingerprint density at radius 3 is 2.69 bits per heavy atom. The number of hydrogen-bond donors (Lipinski definition) is 0. The molecule has 4 heterocycles. The average molecular weight is 378 g/mol. The van der Waals surface area contributed by atoms with Gasteiger partial charge in [0.2, 0.25) is 11.0 Å². The van der Waals surface area contributed by atoms with Gasteiger partial charge < -0.3 is 14.7 Å². The molecule has 1 spiro atoms. The van der Waals surface area contributed by atoms with Crippen LogP contribution in [0.1, 0.15) is 50.5 Å². The SMILES string of the molecule is CCCc1nnc(N2CCC3(CCC(=O)N(C4CCN(C)C4)C3)CC2)s1. The van der Waals surface area contributed by atoms with E-state index in [1.807, 2.05) is 0 Å². The number of piperidine rings is 2. The van der Waals surface area contributed by atoms with E-state index in [2.05, 4.69) is 38.9 Å². The second-order valence-corrected chi connectivity index (χ2v) is 9.48. The monoisotopic (exact) mass is 377 g/mol. The highest BCUT2D eigenvalue weighted by molar-refractivity contribution is 7.15. The number of rotatable bonds is 4. The van der Waals surface area contributed by atoms with Gasteiger partial charge in [0.15, 0.2) is 0 Å². The number of likely N-dealkylation sites (N-methyl/N-ethyl adjacent to an activating group) is 1. The highest BCUT2D eigenvalue weighted by Crippen LogP contribution is 2.42. The molecule has 6 nitrogen and oxygen atoms in total. The van der Waals surface area contributed by atoms with Crippen molar-refractivity contribution in [2.45, 2.75) is 57.9 Å². The minimum atomic E-state index is 0.322. The van der Waals surface area contributed by atoms with Crippen LogP contribution in [0.5, 0.6) is 0 Å². The maximum atomic E-state index is 12.5. The molecule has 3 fully saturated rings. The summed E-state index contributed by atoms with van der Waals surface area (Å²) in [5, 5.41) is 11.0. The number of aryl methyl sites for hydroxylation is 1. The number of hydrogen-bond acceptors (Lipinski definition) is 6. The Morgan fingerprint density at radius 1 is 1.19 bits per heavy atom. The highest BCUT2D eigenvalue weighted by Gasteiger charge is 2.44. The third kappa shape index (κ3) is 3.60. The highest BCUT2D eigenvalue weighted by atomic mass is 32.1. The molecule has 144 valence electrons. The second-order valence-electron chi connectivity index (χ2n) is 8.44. The third-order valence-corrected chi connectivity index (χ3v) is 7.56. The normalized spacial score (nSPS) is 26.8. The van der Waals surface area contributed by atoms with Gasteiger partial charge in [-0.3, -0.25) is 4.79 Å². The fourth-order valence-corrected chi connectivity index (χ4v) is 5.80. The van der Waals surface area contributed by atoms with Gasteiger partial charge in [0, 0.05) is 45.1 Å². The summed E-state index contributed by atoms with van der Waals surface area (Å²) in [4.78, 5) is 19.5. The van der Waals surface area contributed by atoms with Crippen LogP contribution in [0.4, 0.5) is 5.13 Å². The maximum absolute atomic E-state index is 12.5. The van der Waals surface area contributed by atoms with Crippen molar-refractivity contribution in [3.05, 3.63) is 5.01 Å². The quantitative estimate of drug-likeness (QED) is 0.806. The first-order chi connectivity index (χ1) is 12.6. The molecule has 0 radical (unpaired) electrons. The summed E-state index contributed by atoms with van der Waals surface area (Å²) >= 11 is 1.75. The van der Waals surface area contributed by atoms with Gasteiger partial charge in [-0.1, -0.05) is 18.3 Å². The van der Waals surface area contributed by atoms with Gasteiger partial charge in [0.25, 0.3) is 0 Å². The molecule has 1 unspecified atom stereocenters. The van der Waals surface area contributed by atoms with Crippen LogP contribution in [0.2, 0.25) is 0 Å². The number of carbonyl (C=O) groups is 1. The van der Waals surface area contributed by atoms with Crippen molar-refractivity contribution in [1.29, 1.82) is 0 Å². The van der Waals surface area contributed by atoms with Gasteiger partial charge in [-0.2, -0.15) is 0 Å². The molecule has 26 heavy (non-hydrogen) atoms. The summed E-state index contributed by atoms with van der Waals surface area (Å²) in [6.07, 6.45) is 7.43. The Kier molecular flexibility index (Phi) is 5.19. The van der Waals surface area contributed by atoms with Gasteiger partial charge in [-0.05, 0) is 51.1 Å². The van der Waals surface area contributed by atoms with E-state index in [0.29, 0.717) is 17.4 Å². The van der Waals surface area contributed by atoms with Crippen LogP contribution in [0.3, 0.4) is 0 Å². The lowest BCUT2D eigenvalue weighted by molar-refractivity contribution is -0.141. The predicted octanol–water partition coefficient (Wildman–Crippen LogP) is 2.40. The zero-order chi connectivity index (χ0) is 18.1. The molecule has 1 aromatic heterocycles. The number of likely N-dealkylation sites (tertiary alicyclic amines) is 2. The van der Waals surface area contributed by atoms with Crippen LogP contribution < -0.4 is 4.90 Å². The van der Waals surface area contributed by atoms with Crippen LogP contribution in [-0.4, -0.2) is 71.7 Å². The standard InChI is InChI=1S/C19H31N5OS/c1-3-4-16-20-21-18(26-16)23-11-8-19(9-12-23)7-5-17(25)24(14-19)15-6-10-22(2)13-15/h15H,3-14H2,1-2H3.